The van der Waals surface area contributed by atoms with E-state index in [1.807, 2.05) is 19.1 Å². The number of aliphatic hydroxyl groups excluding tert-OH is 1. The third kappa shape index (κ3) is 3.62. The Kier molecular flexibility index (Phi) is 4.27. The monoisotopic (exact) mass is 112 g/mol. The molecule has 1 N–H and O–H groups in total. The minimum absolute atomic E-state index is 0.213. The summed E-state index contributed by atoms with van der Waals surface area (Å²) in [6.45, 7) is 5.66. The van der Waals surface area contributed by atoms with Gasteiger partial charge < -0.3 is 5.11 Å². The van der Waals surface area contributed by atoms with E-state index in [4.69, 9.17) is 5.11 Å². The molecule has 0 bridgehead atoms. The van der Waals surface area contributed by atoms with Crippen molar-refractivity contribution in [2.24, 2.45) is 5.92 Å². The highest BCUT2D eigenvalue weighted by atomic mass is 16.3. The van der Waals surface area contributed by atoms with Crippen LogP contribution in [0, 0.1) is 5.92 Å². The summed E-state index contributed by atoms with van der Waals surface area (Å²) in [4.78, 5) is 0. The fraction of sp³-hybridized carbons (Fsp3) is 0.429. The van der Waals surface area contributed by atoms with Crippen molar-refractivity contribution in [3.05, 3.63) is 24.8 Å². The third-order valence-corrected chi connectivity index (χ3v) is 0.864. The molecular formula is C7H12O. The van der Waals surface area contributed by atoms with Gasteiger partial charge in [-0.25, -0.2) is 0 Å². The summed E-state index contributed by atoms with van der Waals surface area (Å²) >= 11 is 0. The summed E-state index contributed by atoms with van der Waals surface area (Å²) in [5.74, 6) is 0.257. The van der Waals surface area contributed by atoms with Gasteiger partial charge in [-0.15, -0.1) is 0 Å². The van der Waals surface area contributed by atoms with Crippen molar-refractivity contribution in [2.75, 3.05) is 6.61 Å². The zero-order valence-corrected chi connectivity index (χ0v) is 5.17. The minimum atomic E-state index is 0.213. The van der Waals surface area contributed by atoms with E-state index in [0.717, 1.165) is 0 Å². The molecule has 0 aliphatic heterocycles. The third-order valence-electron chi connectivity index (χ3n) is 0.864. The van der Waals surface area contributed by atoms with Gasteiger partial charge in [0, 0.05) is 6.61 Å². The lowest BCUT2D eigenvalue weighted by Crippen LogP contribution is -1.93. The van der Waals surface area contributed by atoms with E-state index < -0.39 is 0 Å². The molecule has 1 nitrogen and oxygen atoms in total. The zero-order chi connectivity index (χ0) is 6.41. The van der Waals surface area contributed by atoms with Gasteiger partial charge in [-0.1, -0.05) is 31.7 Å². The molecular weight excluding hydrogens is 100 g/mol. The molecule has 1 unspecified atom stereocenters. The van der Waals surface area contributed by atoms with Gasteiger partial charge in [0.2, 0.25) is 0 Å². The van der Waals surface area contributed by atoms with Crippen LogP contribution in [-0.2, 0) is 0 Å². The molecule has 0 saturated heterocycles. The van der Waals surface area contributed by atoms with Gasteiger partial charge in [0.1, 0.15) is 0 Å². The Labute approximate surface area is 50.3 Å². The van der Waals surface area contributed by atoms with E-state index in [9.17, 15) is 0 Å². The van der Waals surface area contributed by atoms with Crippen molar-refractivity contribution < 1.29 is 5.11 Å². The Morgan fingerprint density at radius 1 is 1.75 bits per heavy atom. The fourth-order valence-electron chi connectivity index (χ4n) is 0.329. The van der Waals surface area contributed by atoms with Gasteiger partial charge >= 0.3 is 0 Å². The molecule has 46 valence electrons. The Hall–Kier alpha value is -0.560. The van der Waals surface area contributed by atoms with Crippen molar-refractivity contribution in [1.29, 1.82) is 0 Å². The first-order chi connectivity index (χ1) is 3.81. The van der Waals surface area contributed by atoms with E-state index >= 15 is 0 Å². The molecule has 0 aliphatic carbocycles. The predicted octanol–water partition coefficient (Wildman–Crippen LogP) is 1.36. The molecule has 0 rings (SSSR count). The van der Waals surface area contributed by atoms with Gasteiger partial charge in [0.05, 0.1) is 0 Å². The average Bonchev–Trinajstić information content (AvgIpc) is 1.83. The molecule has 1 atom stereocenters. The summed E-state index contributed by atoms with van der Waals surface area (Å²) in [5.41, 5.74) is 0. The van der Waals surface area contributed by atoms with Crippen LogP contribution >= 0.6 is 0 Å². The van der Waals surface area contributed by atoms with Crippen LogP contribution in [0.25, 0.3) is 0 Å². The number of hydrogen-bond acceptors (Lipinski definition) is 1. The van der Waals surface area contributed by atoms with Crippen LogP contribution in [-0.4, -0.2) is 11.7 Å². The number of aliphatic hydroxyl groups is 1. The molecule has 0 aliphatic rings. The van der Waals surface area contributed by atoms with Crippen molar-refractivity contribution in [2.45, 2.75) is 6.92 Å². The summed E-state index contributed by atoms with van der Waals surface area (Å²) in [7, 11) is 0. The van der Waals surface area contributed by atoms with Gasteiger partial charge in [-0.05, 0) is 5.92 Å². The maximum Gasteiger partial charge on any atom is 0.0491 e. The maximum absolute atomic E-state index is 8.48. The van der Waals surface area contributed by atoms with Crippen LogP contribution in [0.15, 0.2) is 24.8 Å². The quantitative estimate of drug-likeness (QED) is 0.546. The van der Waals surface area contributed by atoms with Gasteiger partial charge in [-0.2, -0.15) is 0 Å². The summed E-state index contributed by atoms with van der Waals surface area (Å²) < 4.78 is 0. The molecule has 0 radical (unpaired) electrons. The fourth-order valence-corrected chi connectivity index (χ4v) is 0.329. The second-order valence-electron chi connectivity index (χ2n) is 1.78. The lowest BCUT2D eigenvalue weighted by Gasteiger charge is -1.95. The predicted molar refractivity (Wildman–Crippen MR) is 35.6 cm³/mol. The number of rotatable bonds is 3. The van der Waals surface area contributed by atoms with Gasteiger partial charge in [0.15, 0.2) is 0 Å². The van der Waals surface area contributed by atoms with Crippen LogP contribution in [0.2, 0.25) is 0 Å². The first-order valence-electron chi connectivity index (χ1n) is 2.71. The van der Waals surface area contributed by atoms with Crippen LogP contribution in [0.3, 0.4) is 0 Å². The van der Waals surface area contributed by atoms with Gasteiger partial charge in [-0.3, -0.25) is 0 Å². The lowest BCUT2D eigenvalue weighted by molar-refractivity contribution is 0.262. The number of allylic oxidation sites excluding steroid dienone is 2. The topological polar surface area (TPSA) is 20.2 Å². The van der Waals surface area contributed by atoms with E-state index in [2.05, 4.69) is 6.58 Å². The Morgan fingerprint density at radius 3 is 2.75 bits per heavy atom. The minimum Gasteiger partial charge on any atom is -0.396 e. The molecule has 0 saturated carbocycles. The number of hydrogen-bond donors (Lipinski definition) is 1. The van der Waals surface area contributed by atoms with Crippen LogP contribution in [0.4, 0.5) is 0 Å². The summed E-state index contributed by atoms with van der Waals surface area (Å²) in [5, 5.41) is 8.48. The smallest absolute Gasteiger partial charge is 0.0491 e. The van der Waals surface area contributed by atoms with E-state index in [1.165, 1.54) is 0 Å². The molecule has 0 aromatic heterocycles. The van der Waals surface area contributed by atoms with Crippen LogP contribution in [0.1, 0.15) is 6.92 Å². The normalized spacial score (nSPS) is 14.2. The van der Waals surface area contributed by atoms with E-state index in [1.54, 1.807) is 6.08 Å². The molecule has 0 aromatic rings. The maximum atomic E-state index is 8.48. The highest BCUT2D eigenvalue weighted by Crippen LogP contribution is 1.93. The molecule has 0 heterocycles. The average molecular weight is 112 g/mol. The molecule has 0 fully saturated rings. The molecule has 1 heteroatoms. The van der Waals surface area contributed by atoms with Crippen molar-refractivity contribution in [1.82, 2.24) is 0 Å². The summed E-state index contributed by atoms with van der Waals surface area (Å²) in [6.07, 6.45) is 5.44. The highest BCUT2D eigenvalue weighted by Gasteiger charge is 1.88. The van der Waals surface area contributed by atoms with Gasteiger partial charge in [0.25, 0.3) is 0 Å². The SMILES string of the molecule is C=CC=CC(C)CO. The van der Waals surface area contributed by atoms with E-state index in [-0.39, 0.29) is 12.5 Å². The molecule has 8 heavy (non-hydrogen) atoms. The van der Waals surface area contributed by atoms with E-state index in [0.29, 0.717) is 0 Å². The summed E-state index contributed by atoms with van der Waals surface area (Å²) in [6, 6.07) is 0. The Bertz CT molecular complexity index is 84.4. The first kappa shape index (κ1) is 7.44. The molecule has 0 spiro atoms. The lowest BCUT2D eigenvalue weighted by atomic mass is 10.2. The highest BCUT2D eigenvalue weighted by molar-refractivity contribution is 4.98. The molecule has 0 amide bonds. The Balaban J connectivity index is 3.35. The largest absolute Gasteiger partial charge is 0.396 e. The second kappa shape index (κ2) is 4.60. The first-order valence-corrected chi connectivity index (χ1v) is 2.71. The van der Waals surface area contributed by atoms with Crippen molar-refractivity contribution >= 4 is 0 Å². The van der Waals surface area contributed by atoms with Crippen molar-refractivity contribution in [3.63, 3.8) is 0 Å². The van der Waals surface area contributed by atoms with Crippen LogP contribution in [0.5, 0.6) is 0 Å². The molecule has 0 aromatic carbocycles. The van der Waals surface area contributed by atoms with Crippen molar-refractivity contribution in [3.8, 4) is 0 Å². The zero-order valence-electron chi connectivity index (χ0n) is 5.17. The second-order valence-corrected chi connectivity index (χ2v) is 1.78. The standard InChI is InChI=1S/C7H12O/c1-3-4-5-7(2)6-8/h3-5,7-8H,1,6H2,2H3. The van der Waals surface area contributed by atoms with Crippen LogP contribution < -0.4 is 0 Å². The Morgan fingerprint density at radius 2 is 2.38 bits per heavy atom.